The second-order valence-corrected chi connectivity index (χ2v) is 10.7. The van der Waals surface area contributed by atoms with Crippen molar-refractivity contribution >= 4 is 38.9 Å². The predicted octanol–water partition coefficient (Wildman–Crippen LogP) is 3.93. The molecule has 0 spiro atoms. The van der Waals surface area contributed by atoms with Gasteiger partial charge in [0.2, 0.25) is 5.91 Å². The Bertz CT molecular complexity index is 1010. The van der Waals surface area contributed by atoms with Crippen LogP contribution in [0.1, 0.15) is 44.9 Å². The minimum atomic E-state index is -3.93. The second kappa shape index (κ2) is 8.56. The van der Waals surface area contributed by atoms with Crippen LogP contribution in [0.2, 0.25) is 0 Å². The topological polar surface area (TPSA) is 74.8 Å². The first kappa shape index (κ1) is 21.1. The molecule has 2 heterocycles. The van der Waals surface area contributed by atoms with Crippen molar-refractivity contribution in [3.63, 3.8) is 0 Å². The first-order chi connectivity index (χ1) is 14.4. The highest BCUT2D eigenvalue weighted by atomic mass is 32.2. The number of rotatable bonds is 5. The van der Waals surface area contributed by atoms with E-state index in [1.807, 2.05) is 0 Å². The molecule has 0 bridgehead atoms. The highest BCUT2D eigenvalue weighted by molar-refractivity contribution is 7.91. The summed E-state index contributed by atoms with van der Waals surface area (Å²) in [6.45, 7) is 0. The quantitative estimate of drug-likeness (QED) is 0.511. The first-order valence-electron chi connectivity index (χ1n) is 10.1. The second-order valence-electron chi connectivity index (χ2n) is 7.68. The van der Waals surface area contributed by atoms with Gasteiger partial charge in [-0.15, -0.1) is 11.3 Å². The molecular weight excluding hydrogens is 427 g/mol. The third-order valence-corrected chi connectivity index (χ3v) is 9.06. The van der Waals surface area contributed by atoms with Crippen molar-refractivity contribution in [3.8, 4) is 0 Å². The zero-order valence-electron chi connectivity index (χ0n) is 16.4. The highest BCUT2D eigenvalue weighted by Gasteiger charge is 2.49. The minimum Gasteiger partial charge on any atom is -0.274 e. The van der Waals surface area contributed by atoms with Gasteiger partial charge < -0.3 is 0 Å². The summed E-state index contributed by atoms with van der Waals surface area (Å²) >= 11 is 1.11. The number of thiophene rings is 1. The molecule has 2 amide bonds. The molecule has 1 aliphatic heterocycles. The van der Waals surface area contributed by atoms with E-state index in [2.05, 4.69) is 0 Å². The molecule has 6 nitrogen and oxygen atoms in total. The lowest BCUT2D eigenvalue weighted by molar-refractivity contribution is -0.122. The maximum absolute atomic E-state index is 13.5. The van der Waals surface area contributed by atoms with E-state index in [4.69, 9.17) is 0 Å². The SMILES string of the molecule is O=C1CC(N(C2CCCCCC2)S(=O)(=O)c2cccs2)C(=O)N1c1ccc(F)cc1. The van der Waals surface area contributed by atoms with Gasteiger partial charge in [-0.3, -0.25) is 9.59 Å². The predicted molar refractivity (Wildman–Crippen MR) is 112 cm³/mol. The molecule has 1 unspecified atom stereocenters. The average molecular weight is 451 g/mol. The van der Waals surface area contributed by atoms with Crippen molar-refractivity contribution in [3.05, 3.63) is 47.6 Å². The average Bonchev–Trinajstić information content (AvgIpc) is 3.26. The first-order valence-corrected chi connectivity index (χ1v) is 12.4. The van der Waals surface area contributed by atoms with Gasteiger partial charge in [-0.2, -0.15) is 4.31 Å². The zero-order valence-corrected chi connectivity index (χ0v) is 18.0. The number of benzene rings is 1. The minimum absolute atomic E-state index is 0.173. The van der Waals surface area contributed by atoms with Crippen LogP contribution in [-0.2, 0) is 19.6 Å². The Morgan fingerprint density at radius 1 is 1.00 bits per heavy atom. The molecule has 30 heavy (non-hydrogen) atoms. The molecule has 160 valence electrons. The summed E-state index contributed by atoms with van der Waals surface area (Å²) in [6.07, 6.45) is 4.95. The van der Waals surface area contributed by atoms with Crippen molar-refractivity contribution in [2.24, 2.45) is 0 Å². The molecule has 2 fully saturated rings. The number of amides is 2. The van der Waals surface area contributed by atoms with E-state index in [-0.39, 0.29) is 22.4 Å². The van der Waals surface area contributed by atoms with Crippen molar-refractivity contribution < 1.29 is 22.4 Å². The largest absolute Gasteiger partial charge is 0.274 e. The van der Waals surface area contributed by atoms with Gasteiger partial charge in [-0.25, -0.2) is 17.7 Å². The van der Waals surface area contributed by atoms with Gasteiger partial charge in [0.25, 0.3) is 15.9 Å². The van der Waals surface area contributed by atoms with Gasteiger partial charge >= 0.3 is 0 Å². The van der Waals surface area contributed by atoms with E-state index in [0.29, 0.717) is 12.8 Å². The monoisotopic (exact) mass is 450 g/mol. The lowest BCUT2D eigenvalue weighted by Gasteiger charge is -2.33. The smallest absolute Gasteiger partial charge is 0.253 e. The van der Waals surface area contributed by atoms with Crippen LogP contribution in [-0.4, -0.2) is 36.6 Å². The van der Waals surface area contributed by atoms with Crippen molar-refractivity contribution in [2.45, 2.75) is 61.2 Å². The molecule has 2 aliphatic rings. The molecule has 1 saturated carbocycles. The maximum Gasteiger partial charge on any atom is 0.253 e. The van der Waals surface area contributed by atoms with E-state index in [0.717, 1.165) is 41.9 Å². The van der Waals surface area contributed by atoms with E-state index < -0.39 is 33.7 Å². The lowest BCUT2D eigenvalue weighted by Crippen LogP contribution is -2.50. The van der Waals surface area contributed by atoms with E-state index in [1.54, 1.807) is 11.4 Å². The molecule has 0 radical (unpaired) electrons. The van der Waals surface area contributed by atoms with Gasteiger partial charge in [0.1, 0.15) is 16.1 Å². The summed E-state index contributed by atoms with van der Waals surface area (Å²) in [6, 6.07) is 6.85. The number of halogens is 1. The summed E-state index contributed by atoms with van der Waals surface area (Å²) < 4.78 is 41.8. The fraction of sp³-hybridized carbons (Fsp3) is 0.429. The van der Waals surface area contributed by atoms with Crippen LogP contribution < -0.4 is 4.90 Å². The Morgan fingerprint density at radius 3 is 2.27 bits per heavy atom. The number of sulfonamides is 1. The molecule has 1 atom stereocenters. The Balaban J connectivity index is 1.72. The number of carbonyl (C=O) groups is 2. The zero-order chi connectivity index (χ0) is 21.3. The van der Waals surface area contributed by atoms with Crippen molar-refractivity contribution in [2.75, 3.05) is 4.90 Å². The molecule has 9 heteroatoms. The van der Waals surface area contributed by atoms with E-state index in [1.165, 1.54) is 34.6 Å². The fourth-order valence-corrected chi connectivity index (χ4v) is 7.24. The fourth-order valence-electron chi connectivity index (χ4n) is 4.32. The number of imide groups is 1. The van der Waals surface area contributed by atoms with Crippen LogP contribution in [0.15, 0.2) is 46.0 Å². The molecule has 1 aromatic heterocycles. The molecule has 2 aromatic rings. The summed E-state index contributed by atoms with van der Waals surface area (Å²) in [5.41, 5.74) is 0.253. The number of carbonyl (C=O) groups excluding carboxylic acids is 2. The highest BCUT2D eigenvalue weighted by Crippen LogP contribution is 2.35. The number of nitrogens with zero attached hydrogens (tertiary/aromatic N) is 2. The maximum atomic E-state index is 13.5. The normalized spacial score (nSPS) is 21.4. The van der Waals surface area contributed by atoms with Crippen LogP contribution in [0.25, 0.3) is 0 Å². The van der Waals surface area contributed by atoms with Crippen LogP contribution in [0.4, 0.5) is 10.1 Å². The van der Waals surface area contributed by atoms with Gasteiger partial charge in [0, 0.05) is 6.04 Å². The van der Waals surface area contributed by atoms with E-state index >= 15 is 0 Å². The molecule has 1 saturated heterocycles. The summed E-state index contributed by atoms with van der Waals surface area (Å²) in [4.78, 5) is 27.0. The van der Waals surface area contributed by atoms with Crippen LogP contribution in [0.3, 0.4) is 0 Å². The Kier molecular flexibility index (Phi) is 6.04. The van der Waals surface area contributed by atoms with Crippen molar-refractivity contribution in [1.29, 1.82) is 0 Å². The summed E-state index contributed by atoms with van der Waals surface area (Å²) in [5, 5.41) is 1.69. The molecule has 1 aromatic carbocycles. The van der Waals surface area contributed by atoms with Crippen LogP contribution in [0, 0.1) is 5.82 Å². The van der Waals surface area contributed by atoms with Gasteiger partial charge in [0.15, 0.2) is 0 Å². The third-order valence-electron chi connectivity index (χ3n) is 5.73. The van der Waals surface area contributed by atoms with Crippen molar-refractivity contribution in [1.82, 2.24) is 4.31 Å². The Morgan fingerprint density at radius 2 is 1.67 bits per heavy atom. The van der Waals surface area contributed by atoms with E-state index in [9.17, 15) is 22.4 Å². The summed E-state index contributed by atoms with van der Waals surface area (Å²) in [5.74, 6) is -1.53. The standard InChI is InChI=1S/C21H23FN2O4S2/c22-15-9-11-16(12-10-15)23-19(25)14-18(21(23)26)24(17-6-3-1-2-4-7-17)30(27,28)20-8-5-13-29-20/h5,8-13,17-18H,1-4,6-7,14H2. The number of anilines is 1. The van der Waals surface area contributed by atoms with Crippen LogP contribution in [0.5, 0.6) is 0 Å². The number of hydrogen-bond acceptors (Lipinski definition) is 5. The third kappa shape index (κ3) is 3.93. The molecular formula is C21H23FN2O4S2. The van der Waals surface area contributed by atoms with Gasteiger partial charge in [-0.1, -0.05) is 31.7 Å². The van der Waals surface area contributed by atoms with Gasteiger partial charge in [0.05, 0.1) is 12.1 Å². The summed E-state index contributed by atoms with van der Waals surface area (Å²) in [7, 11) is -3.93. The van der Waals surface area contributed by atoms with Crippen LogP contribution >= 0.6 is 11.3 Å². The lowest BCUT2D eigenvalue weighted by atomic mass is 10.1. The molecule has 0 N–H and O–H groups in total. The Labute approximate surface area is 179 Å². The number of hydrogen-bond donors (Lipinski definition) is 0. The molecule has 4 rings (SSSR count). The van der Waals surface area contributed by atoms with Gasteiger partial charge in [-0.05, 0) is 48.6 Å². The Hall–Kier alpha value is -2.10. The molecule has 1 aliphatic carbocycles.